The maximum atomic E-state index is 8.60. The van der Waals surface area contributed by atoms with Crippen LogP contribution >= 0.6 is 0 Å². The molecule has 0 bridgehead atoms. The minimum absolute atomic E-state index is 0. The monoisotopic (exact) mass is 144 g/mol. The van der Waals surface area contributed by atoms with E-state index >= 15 is 0 Å². The van der Waals surface area contributed by atoms with Crippen LogP contribution in [0.2, 0.25) is 0 Å². The maximum Gasteiger partial charge on any atom is 0.0777 e. The van der Waals surface area contributed by atoms with Crippen LogP contribution in [0, 0.1) is 10.2 Å². The second-order valence-corrected chi connectivity index (χ2v) is 1.19. The second kappa shape index (κ2) is 4.77. The van der Waals surface area contributed by atoms with Gasteiger partial charge in [-0.05, 0) is 0 Å². The summed E-state index contributed by atoms with van der Waals surface area (Å²) in [4.78, 5) is 0. The summed E-state index contributed by atoms with van der Waals surface area (Å²) in [6.45, 7) is 0. The third kappa shape index (κ3) is 365. The summed E-state index contributed by atoms with van der Waals surface area (Å²) in [5.74, 6) is 0. The highest BCUT2D eigenvalue weighted by Gasteiger charge is 1.98. The van der Waals surface area contributed by atoms with Crippen molar-refractivity contribution < 1.29 is 28.9 Å². The fourth-order valence-corrected chi connectivity index (χ4v) is 0. The zero-order chi connectivity index (χ0) is 4.50. The van der Waals surface area contributed by atoms with Gasteiger partial charge in [-0.25, -0.2) is 0 Å². The standard InChI is InChI=1S/Al.ClHO4.H3N/c;2-1(3,4)5;/h;(H,2,3,4,5);1H3. The van der Waals surface area contributed by atoms with Crippen molar-refractivity contribution in [2.24, 2.45) is 0 Å². The molecule has 0 aliphatic carbocycles. The molecule has 43 valence electrons. The van der Waals surface area contributed by atoms with Crippen molar-refractivity contribution in [2.75, 3.05) is 0 Å². The summed E-state index contributed by atoms with van der Waals surface area (Å²) in [5, 5.41) is 0. The zero-order valence-electron chi connectivity index (χ0n) is 3.33. The molecule has 0 aliphatic heterocycles. The quantitative estimate of drug-likeness (QED) is 0.333. The highest BCUT2D eigenvalue weighted by atomic mass is 35.7. The fourth-order valence-electron chi connectivity index (χ4n) is 0. The topological polar surface area (TPSA) is 124 Å². The van der Waals surface area contributed by atoms with Crippen molar-refractivity contribution in [3.8, 4) is 0 Å². The molecule has 0 fully saturated rings. The lowest BCUT2D eigenvalue weighted by Gasteiger charge is -2.03. The predicted molar refractivity (Wildman–Crippen MR) is 13.0 cm³/mol. The Bertz CT molecular complexity index is 27.2. The summed E-state index contributed by atoms with van der Waals surface area (Å²) in [6.07, 6.45) is 0. The molecule has 4 N–H and O–H groups in total. The molecule has 0 spiro atoms. The average Bonchev–Trinajstić information content (AvgIpc) is 0.722. The molecule has 0 aromatic rings. The van der Waals surface area contributed by atoms with E-state index in [-0.39, 0.29) is 23.5 Å². The van der Waals surface area contributed by atoms with Gasteiger partial charge in [0.1, 0.15) is 0 Å². The van der Waals surface area contributed by atoms with Crippen LogP contribution in [0.3, 0.4) is 0 Å². The first kappa shape index (κ1) is 15.6. The van der Waals surface area contributed by atoms with E-state index in [1.54, 1.807) is 0 Å². The normalized spacial score (nSPS) is 8.57. The van der Waals surface area contributed by atoms with Gasteiger partial charge in [-0.3, -0.25) is 0 Å². The van der Waals surface area contributed by atoms with Gasteiger partial charge in [0, 0.05) is 17.4 Å². The van der Waals surface area contributed by atoms with Crippen molar-refractivity contribution in [3.05, 3.63) is 0 Å². The molecule has 0 amide bonds. The van der Waals surface area contributed by atoms with Gasteiger partial charge < -0.3 is 6.15 Å². The van der Waals surface area contributed by atoms with E-state index in [2.05, 4.69) is 0 Å². The van der Waals surface area contributed by atoms with Gasteiger partial charge in [0.05, 0.1) is 14.9 Å². The summed E-state index contributed by atoms with van der Waals surface area (Å²) < 4.78 is 32.7. The van der Waals surface area contributed by atoms with Crippen molar-refractivity contribution in [1.29, 1.82) is 0 Å². The highest BCUT2D eigenvalue weighted by molar-refractivity contribution is 5.75. The molecule has 0 heterocycles. The molecule has 0 aliphatic rings. The van der Waals surface area contributed by atoms with Gasteiger partial charge in [0.25, 0.3) is 0 Å². The predicted octanol–water partition coefficient (Wildman–Crippen LogP) is -4.34. The lowest BCUT2D eigenvalue weighted by molar-refractivity contribution is -1.92. The summed E-state index contributed by atoms with van der Waals surface area (Å²) in [6, 6.07) is 0. The molecular formula is H4AlClNO4. The Morgan fingerprint density at radius 2 is 1.14 bits per heavy atom. The van der Waals surface area contributed by atoms with E-state index in [1.165, 1.54) is 0 Å². The molecule has 0 aromatic heterocycles. The van der Waals surface area contributed by atoms with Gasteiger partial charge >= 0.3 is 0 Å². The number of halogens is 1. The Labute approximate surface area is 53.0 Å². The Morgan fingerprint density at radius 3 is 1.14 bits per heavy atom. The molecule has 0 saturated carbocycles. The number of hydrogen-bond donors (Lipinski definition) is 2. The summed E-state index contributed by atoms with van der Waals surface area (Å²) >= 11 is 0. The number of rotatable bonds is 0. The second-order valence-electron chi connectivity index (χ2n) is 0.396. The molecule has 0 aromatic carbocycles. The largest absolute Gasteiger partial charge is 0.344 e. The van der Waals surface area contributed by atoms with Crippen molar-refractivity contribution in [1.82, 2.24) is 6.15 Å². The van der Waals surface area contributed by atoms with Crippen molar-refractivity contribution in [2.45, 2.75) is 0 Å². The van der Waals surface area contributed by atoms with Crippen molar-refractivity contribution in [3.63, 3.8) is 0 Å². The molecule has 0 atom stereocenters. The SMILES string of the molecule is N.[Al].[O-][Cl+3]([O-])([O-])O. The first-order valence-corrected chi connectivity index (χ1v) is 1.90. The van der Waals surface area contributed by atoms with Crippen LogP contribution in [0.15, 0.2) is 0 Å². The molecule has 0 rings (SSSR count). The van der Waals surface area contributed by atoms with Crippen LogP contribution in [-0.2, 0) is 0 Å². The molecule has 5 nitrogen and oxygen atoms in total. The average molecular weight is 144 g/mol. The van der Waals surface area contributed by atoms with Gasteiger partial charge in [-0.1, -0.05) is 0 Å². The van der Waals surface area contributed by atoms with E-state index in [0.717, 1.165) is 0 Å². The van der Waals surface area contributed by atoms with Crippen LogP contribution < -0.4 is 20.1 Å². The minimum atomic E-state index is -4.69. The summed E-state index contributed by atoms with van der Waals surface area (Å²) in [7, 11) is -4.69. The summed E-state index contributed by atoms with van der Waals surface area (Å²) in [5.41, 5.74) is 0. The zero-order valence-corrected chi connectivity index (χ0v) is 5.25. The van der Waals surface area contributed by atoms with Crippen LogP contribution in [0.25, 0.3) is 0 Å². The Morgan fingerprint density at radius 1 is 1.14 bits per heavy atom. The fraction of sp³-hybridized carbons (Fsp3) is 0. The molecule has 7 heavy (non-hydrogen) atoms. The van der Waals surface area contributed by atoms with E-state index < -0.39 is 10.2 Å². The van der Waals surface area contributed by atoms with Crippen LogP contribution in [0.1, 0.15) is 0 Å². The van der Waals surface area contributed by atoms with Gasteiger partial charge in [0.15, 0.2) is 0 Å². The van der Waals surface area contributed by atoms with Crippen LogP contribution in [0.5, 0.6) is 0 Å². The Kier molecular flexibility index (Phi) is 10.7. The van der Waals surface area contributed by atoms with Gasteiger partial charge in [-0.15, -0.1) is 0 Å². The molecular weight excluding hydrogens is 140 g/mol. The first-order chi connectivity index (χ1) is 2.00. The lowest BCUT2D eigenvalue weighted by Crippen LogP contribution is -2.58. The van der Waals surface area contributed by atoms with E-state index in [0.29, 0.717) is 0 Å². The van der Waals surface area contributed by atoms with Crippen LogP contribution in [-0.4, -0.2) is 22.0 Å². The third-order valence-electron chi connectivity index (χ3n) is 0. The van der Waals surface area contributed by atoms with Gasteiger partial charge in [0.2, 0.25) is 0 Å². The van der Waals surface area contributed by atoms with E-state index in [4.69, 9.17) is 18.6 Å². The van der Waals surface area contributed by atoms with Crippen LogP contribution in [0.4, 0.5) is 0 Å². The lowest BCUT2D eigenvalue weighted by atomic mass is 14.0. The Balaban J connectivity index is -0.0000000800. The molecule has 7 heteroatoms. The Hall–Kier alpha value is 0.622. The highest BCUT2D eigenvalue weighted by Crippen LogP contribution is 1.60. The van der Waals surface area contributed by atoms with E-state index in [9.17, 15) is 0 Å². The van der Waals surface area contributed by atoms with Gasteiger partial charge in [-0.2, -0.15) is 14.0 Å². The maximum absolute atomic E-state index is 8.60. The smallest absolute Gasteiger partial charge is 0.0777 e. The number of hydrogen-bond acceptors (Lipinski definition) is 5. The first-order valence-electron chi connectivity index (χ1n) is 0.632. The minimum Gasteiger partial charge on any atom is -0.344 e. The third-order valence-corrected chi connectivity index (χ3v) is 0. The molecule has 0 saturated heterocycles. The van der Waals surface area contributed by atoms with Crippen molar-refractivity contribution >= 4 is 17.4 Å². The molecule has 3 radical (unpaired) electrons. The van der Waals surface area contributed by atoms with E-state index in [1.807, 2.05) is 0 Å². The molecule has 0 unspecified atom stereocenters.